The van der Waals surface area contributed by atoms with Gasteiger partial charge >= 0.3 is 0 Å². The van der Waals surface area contributed by atoms with Crippen LogP contribution in [-0.2, 0) is 13.1 Å². The van der Waals surface area contributed by atoms with E-state index in [2.05, 4.69) is 32.2 Å². The zero-order valence-corrected chi connectivity index (χ0v) is 8.35. The van der Waals surface area contributed by atoms with Gasteiger partial charge in [-0.25, -0.2) is 0 Å². The van der Waals surface area contributed by atoms with Gasteiger partial charge in [-0.3, -0.25) is 0 Å². The summed E-state index contributed by atoms with van der Waals surface area (Å²) in [4.78, 5) is 0. The molecule has 4 nitrogen and oxygen atoms in total. The maximum Gasteiger partial charge on any atom is 0.164 e. The van der Waals surface area contributed by atoms with Crippen LogP contribution in [0.15, 0.2) is 30.3 Å². The molecule has 0 amide bonds. The lowest BCUT2D eigenvalue weighted by molar-refractivity contribution is 0.508. The number of nitrogens with zero attached hydrogens (tertiary/aromatic N) is 3. The highest BCUT2D eigenvalue weighted by Crippen LogP contribution is 2.18. The maximum absolute atomic E-state index is 4.24. The van der Waals surface area contributed by atoms with E-state index in [0.29, 0.717) is 0 Å². The minimum absolute atomic E-state index is 0.819. The van der Waals surface area contributed by atoms with Gasteiger partial charge in [0.05, 0.1) is 6.54 Å². The fourth-order valence-electron chi connectivity index (χ4n) is 1.89. The van der Waals surface area contributed by atoms with E-state index in [1.807, 2.05) is 18.2 Å². The Bertz CT molecular complexity index is 461. The monoisotopic (exact) mass is 200 g/mol. The second-order valence-electron chi connectivity index (χ2n) is 3.63. The van der Waals surface area contributed by atoms with Gasteiger partial charge < -0.3 is 9.88 Å². The molecule has 0 unspecified atom stereocenters. The topological polar surface area (TPSA) is 42.7 Å². The molecule has 1 N–H and O–H groups in total. The summed E-state index contributed by atoms with van der Waals surface area (Å²) >= 11 is 0. The van der Waals surface area contributed by atoms with Crippen molar-refractivity contribution in [1.82, 2.24) is 20.1 Å². The van der Waals surface area contributed by atoms with Crippen LogP contribution in [0.2, 0.25) is 0 Å². The first-order chi connectivity index (χ1) is 7.45. The van der Waals surface area contributed by atoms with Gasteiger partial charge in [-0.1, -0.05) is 30.3 Å². The molecule has 0 saturated carbocycles. The van der Waals surface area contributed by atoms with E-state index in [9.17, 15) is 0 Å². The fraction of sp³-hybridized carbons (Fsp3) is 0.273. The van der Waals surface area contributed by atoms with Crippen molar-refractivity contribution in [3.05, 3.63) is 36.2 Å². The van der Waals surface area contributed by atoms with E-state index >= 15 is 0 Å². The van der Waals surface area contributed by atoms with Crippen LogP contribution < -0.4 is 5.32 Å². The number of rotatable bonds is 1. The van der Waals surface area contributed by atoms with Crippen LogP contribution in [-0.4, -0.2) is 21.3 Å². The van der Waals surface area contributed by atoms with E-state index in [1.165, 1.54) is 0 Å². The zero-order valence-electron chi connectivity index (χ0n) is 8.35. The highest BCUT2D eigenvalue weighted by Gasteiger charge is 2.15. The molecule has 2 aromatic rings. The number of benzene rings is 1. The van der Waals surface area contributed by atoms with E-state index in [-0.39, 0.29) is 0 Å². The summed E-state index contributed by atoms with van der Waals surface area (Å²) in [5.41, 5.74) is 1.14. The van der Waals surface area contributed by atoms with Crippen molar-refractivity contribution in [2.75, 3.05) is 6.54 Å². The molecule has 1 aromatic heterocycles. The summed E-state index contributed by atoms with van der Waals surface area (Å²) in [6, 6.07) is 10.2. The molecule has 3 rings (SSSR count). The number of aromatic nitrogens is 3. The van der Waals surface area contributed by atoms with Crippen molar-refractivity contribution in [2.24, 2.45) is 0 Å². The Labute approximate surface area is 88.0 Å². The smallest absolute Gasteiger partial charge is 0.164 e. The van der Waals surface area contributed by atoms with Crippen LogP contribution in [0.1, 0.15) is 5.82 Å². The van der Waals surface area contributed by atoms with Gasteiger partial charge in [-0.05, 0) is 0 Å². The highest BCUT2D eigenvalue weighted by molar-refractivity contribution is 5.55. The molecule has 0 saturated heterocycles. The summed E-state index contributed by atoms with van der Waals surface area (Å²) in [5.74, 6) is 2.01. The second kappa shape index (κ2) is 3.47. The Morgan fingerprint density at radius 2 is 2.00 bits per heavy atom. The van der Waals surface area contributed by atoms with Crippen LogP contribution in [0.25, 0.3) is 11.4 Å². The van der Waals surface area contributed by atoms with Crippen molar-refractivity contribution in [3.63, 3.8) is 0 Å². The first-order valence-electron chi connectivity index (χ1n) is 5.13. The van der Waals surface area contributed by atoms with Crippen molar-refractivity contribution in [2.45, 2.75) is 13.1 Å². The SMILES string of the molecule is c1ccc(-c2nnc3n2CCNC3)cc1. The molecule has 1 aromatic carbocycles. The van der Waals surface area contributed by atoms with Gasteiger partial charge in [0.25, 0.3) is 0 Å². The first kappa shape index (κ1) is 8.61. The lowest BCUT2D eigenvalue weighted by Gasteiger charge is -2.15. The molecule has 0 aliphatic carbocycles. The van der Waals surface area contributed by atoms with Gasteiger partial charge in [0.1, 0.15) is 5.82 Å². The van der Waals surface area contributed by atoms with Gasteiger partial charge in [-0.2, -0.15) is 0 Å². The van der Waals surface area contributed by atoms with Gasteiger partial charge in [0.2, 0.25) is 0 Å². The van der Waals surface area contributed by atoms with Crippen LogP contribution >= 0.6 is 0 Å². The minimum atomic E-state index is 0.819. The van der Waals surface area contributed by atoms with Crippen molar-refractivity contribution in [3.8, 4) is 11.4 Å². The number of hydrogen-bond acceptors (Lipinski definition) is 3. The largest absolute Gasteiger partial charge is 0.309 e. The van der Waals surface area contributed by atoms with E-state index in [0.717, 1.165) is 36.8 Å². The Balaban J connectivity index is 2.09. The first-order valence-corrected chi connectivity index (χ1v) is 5.13. The second-order valence-corrected chi connectivity index (χ2v) is 3.63. The molecule has 4 heteroatoms. The summed E-state index contributed by atoms with van der Waals surface area (Å²) in [6.07, 6.45) is 0. The Kier molecular flexibility index (Phi) is 1.99. The predicted molar refractivity (Wildman–Crippen MR) is 57.2 cm³/mol. The quantitative estimate of drug-likeness (QED) is 0.748. The van der Waals surface area contributed by atoms with Gasteiger partial charge in [0, 0.05) is 18.7 Å². The van der Waals surface area contributed by atoms with Crippen molar-refractivity contribution in [1.29, 1.82) is 0 Å². The molecule has 0 radical (unpaired) electrons. The molecule has 76 valence electrons. The summed E-state index contributed by atoms with van der Waals surface area (Å²) < 4.78 is 2.19. The fourth-order valence-corrected chi connectivity index (χ4v) is 1.89. The lowest BCUT2D eigenvalue weighted by Crippen LogP contribution is -2.28. The number of fused-ring (bicyclic) bond motifs is 1. The maximum atomic E-state index is 4.24. The third-order valence-electron chi connectivity index (χ3n) is 2.65. The van der Waals surface area contributed by atoms with Crippen LogP contribution in [0, 0.1) is 0 Å². The molecule has 2 heterocycles. The third kappa shape index (κ3) is 1.43. The molecule has 0 atom stereocenters. The molecule has 1 aliphatic rings. The summed E-state index contributed by atoms with van der Waals surface area (Å²) in [5, 5.41) is 11.7. The highest BCUT2D eigenvalue weighted by atomic mass is 15.3. The molecular formula is C11H12N4. The zero-order chi connectivity index (χ0) is 10.1. The van der Waals surface area contributed by atoms with Gasteiger partial charge in [-0.15, -0.1) is 10.2 Å². The molecule has 0 bridgehead atoms. The Morgan fingerprint density at radius 3 is 2.87 bits per heavy atom. The summed E-state index contributed by atoms with van der Waals surface area (Å²) in [6.45, 7) is 2.76. The molecule has 15 heavy (non-hydrogen) atoms. The molecular weight excluding hydrogens is 188 g/mol. The lowest BCUT2D eigenvalue weighted by atomic mass is 10.2. The standard InChI is InChI=1S/C11H12N4/c1-2-4-9(5-3-1)11-14-13-10-8-12-6-7-15(10)11/h1-5,12H,6-8H2. The summed E-state index contributed by atoms with van der Waals surface area (Å²) in [7, 11) is 0. The Morgan fingerprint density at radius 1 is 1.13 bits per heavy atom. The normalized spacial score (nSPS) is 14.9. The van der Waals surface area contributed by atoms with E-state index in [1.54, 1.807) is 0 Å². The minimum Gasteiger partial charge on any atom is -0.309 e. The molecule has 0 spiro atoms. The Hall–Kier alpha value is -1.68. The van der Waals surface area contributed by atoms with Crippen LogP contribution in [0.4, 0.5) is 0 Å². The third-order valence-corrected chi connectivity index (χ3v) is 2.65. The average Bonchev–Trinajstić information content (AvgIpc) is 2.74. The number of nitrogens with one attached hydrogen (secondary N) is 1. The van der Waals surface area contributed by atoms with Crippen molar-refractivity contribution >= 4 is 0 Å². The van der Waals surface area contributed by atoms with Crippen molar-refractivity contribution < 1.29 is 0 Å². The van der Waals surface area contributed by atoms with E-state index in [4.69, 9.17) is 0 Å². The number of hydrogen-bond donors (Lipinski definition) is 1. The van der Waals surface area contributed by atoms with Crippen LogP contribution in [0.3, 0.4) is 0 Å². The molecule has 1 aliphatic heterocycles. The predicted octanol–water partition coefficient (Wildman–Crippen LogP) is 1.05. The average molecular weight is 200 g/mol. The van der Waals surface area contributed by atoms with E-state index < -0.39 is 0 Å². The van der Waals surface area contributed by atoms with Gasteiger partial charge in [0.15, 0.2) is 5.82 Å². The van der Waals surface area contributed by atoms with Crippen LogP contribution in [0.5, 0.6) is 0 Å². The molecule has 0 fully saturated rings.